The van der Waals surface area contributed by atoms with Crippen molar-refractivity contribution in [1.29, 1.82) is 0 Å². The number of ether oxygens (including phenoxy) is 2. The molecule has 1 saturated heterocycles. The van der Waals surface area contributed by atoms with Crippen LogP contribution in [0.3, 0.4) is 0 Å². The summed E-state index contributed by atoms with van der Waals surface area (Å²) >= 11 is 1.56. The van der Waals surface area contributed by atoms with Gasteiger partial charge in [-0.3, -0.25) is 9.62 Å². The molecule has 0 atom stereocenters. The summed E-state index contributed by atoms with van der Waals surface area (Å²) in [5, 5.41) is 1.24. The number of sulfonamides is 1. The smallest absolute Gasteiger partial charge is 0.265 e. The molecule has 0 bridgehead atoms. The SMILES string of the molecule is COc1ccc(OC)c(S(=O)(=O)Nc2ccc(CCN3CCN(c4nsc5ccccc45)CC3)cc2C)c1. The molecular formula is C28H32N4O4S2. The zero-order chi connectivity index (χ0) is 26.7. The van der Waals surface area contributed by atoms with Crippen LogP contribution in [0.15, 0.2) is 65.6 Å². The van der Waals surface area contributed by atoms with Gasteiger partial charge in [-0.15, -0.1) is 0 Å². The maximum Gasteiger partial charge on any atom is 0.265 e. The van der Waals surface area contributed by atoms with Crippen molar-refractivity contribution in [3.05, 3.63) is 71.8 Å². The number of benzene rings is 3. The highest BCUT2D eigenvalue weighted by Crippen LogP contribution is 2.31. The molecule has 1 aromatic heterocycles. The third kappa shape index (κ3) is 5.57. The molecule has 0 unspecified atom stereocenters. The van der Waals surface area contributed by atoms with E-state index in [4.69, 9.17) is 13.8 Å². The lowest BCUT2D eigenvalue weighted by molar-refractivity contribution is 0.261. The Hall–Kier alpha value is -3.34. The molecule has 38 heavy (non-hydrogen) atoms. The molecule has 2 heterocycles. The fourth-order valence-electron chi connectivity index (χ4n) is 4.76. The molecule has 1 N–H and O–H groups in total. The van der Waals surface area contributed by atoms with Crippen molar-refractivity contribution in [2.45, 2.75) is 18.2 Å². The van der Waals surface area contributed by atoms with Crippen molar-refractivity contribution in [2.24, 2.45) is 0 Å². The third-order valence-corrected chi connectivity index (χ3v) is 9.15. The first-order valence-electron chi connectivity index (χ1n) is 12.5. The molecule has 10 heteroatoms. The van der Waals surface area contributed by atoms with E-state index >= 15 is 0 Å². The fourth-order valence-corrected chi connectivity index (χ4v) is 6.87. The minimum Gasteiger partial charge on any atom is -0.497 e. The van der Waals surface area contributed by atoms with Gasteiger partial charge in [-0.2, -0.15) is 4.37 Å². The first-order chi connectivity index (χ1) is 18.4. The second-order valence-electron chi connectivity index (χ2n) is 9.35. The maximum atomic E-state index is 13.1. The van der Waals surface area contributed by atoms with Crippen molar-refractivity contribution in [3.8, 4) is 11.5 Å². The summed E-state index contributed by atoms with van der Waals surface area (Å²) in [6.45, 7) is 6.77. The Morgan fingerprint density at radius 1 is 0.974 bits per heavy atom. The molecule has 4 aromatic rings. The van der Waals surface area contributed by atoms with Crippen LogP contribution in [0.1, 0.15) is 11.1 Å². The van der Waals surface area contributed by atoms with Gasteiger partial charge < -0.3 is 14.4 Å². The monoisotopic (exact) mass is 552 g/mol. The van der Waals surface area contributed by atoms with Gasteiger partial charge in [0.25, 0.3) is 10.0 Å². The molecule has 0 radical (unpaired) electrons. The van der Waals surface area contributed by atoms with E-state index in [1.165, 1.54) is 35.9 Å². The van der Waals surface area contributed by atoms with Crippen LogP contribution in [-0.2, 0) is 16.4 Å². The molecule has 0 aliphatic carbocycles. The Morgan fingerprint density at radius 2 is 1.76 bits per heavy atom. The first kappa shape index (κ1) is 26.3. The highest BCUT2D eigenvalue weighted by Gasteiger charge is 2.23. The predicted molar refractivity (Wildman–Crippen MR) is 154 cm³/mol. The lowest BCUT2D eigenvalue weighted by Gasteiger charge is -2.35. The normalized spacial score (nSPS) is 14.6. The molecule has 200 valence electrons. The molecule has 1 fully saturated rings. The predicted octanol–water partition coefficient (Wildman–Crippen LogP) is 4.79. The number of hydrogen-bond acceptors (Lipinski definition) is 8. The van der Waals surface area contributed by atoms with Gasteiger partial charge in [0.2, 0.25) is 0 Å². The fraction of sp³-hybridized carbons (Fsp3) is 0.321. The summed E-state index contributed by atoms with van der Waals surface area (Å²) in [5.74, 6) is 1.81. The number of fused-ring (bicyclic) bond motifs is 1. The Morgan fingerprint density at radius 3 is 2.50 bits per heavy atom. The summed E-state index contributed by atoms with van der Waals surface area (Å²) in [4.78, 5) is 4.90. The number of aromatic nitrogens is 1. The number of methoxy groups -OCH3 is 2. The van der Waals surface area contributed by atoms with Gasteiger partial charge in [-0.05, 0) is 66.3 Å². The van der Waals surface area contributed by atoms with E-state index in [-0.39, 0.29) is 10.6 Å². The topological polar surface area (TPSA) is 84.0 Å². The van der Waals surface area contributed by atoms with Crippen molar-refractivity contribution in [1.82, 2.24) is 9.27 Å². The van der Waals surface area contributed by atoms with Crippen molar-refractivity contribution in [3.63, 3.8) is 0 Å². The summed E-state index contributed by atoms with van der Waals surface area (Å²) in [5.41, 5.74) is 2.59. The van der Waals surface area contributed by atoms with Crippen LogP contribution in [0.5, 0.6) is 11.5 Å². The molecule has 0 amide bonds. The zero-order valence-corrected chi connectivity index (χ0v) is 23.4. The van der Waals surface area contributed by atoms with E-state index in [1.54, 1.807) is 23.7 Å². The van der Waals surface area contributed by atoms with Crippen LogP contribution in [0.2, 0.25) is 0 Å². The molecule has 1 aliphatic heterocycles. The van der Waals surface area contributed by atoms with Gasteiger partial charge in [0.1, 0.15) is 22.2 Å². The van der Waals surface area contributed by atoms with Gasteiger partial charge in [-0.25, -0.2) is 8.42 Å². The van der Waals surface area contributed by atoms with Crippen LogP contribution >= 0.6 is 11.5 Å². The molecule has 5 rings (SSSR count). The number of anilines is 2. The van der Waals surface area contributed by atoms with Crippen LogP contribution in [0, 0.1) is 6.92 Å². The van der Waals surface area contributed by atoms with Crippen molar-refractivity contribution >= 4 is 43.1 Å². The molecule has 8 nitrogen and oxygen atoms in total. The van der Waals surface area contributed by atoms with Gasteiger partial charge in [0.15, 0.2) is 0 Å². The third-order valence-electron chi connectivity index (χ3n) is 6.94. The van der Waals surface area contributed by atoms with Crippen LogP contribution in [0.25, 0.3) is 10.1 Å². The highest BCUT2D eigenvalue weighted by atomic mass is 32.2. The van der Waals surface area contributed by atoms with Crippen LogP contribution in [-0.4, -0.2) is 64.6 Å². The van der Waals surface area contributed by atoms with Gasteiger partial charge in [0.05, 0.1) is 24.6 Å². The maximum absolute atomic E-state index is 13.1. The number of rotatable bonds is 9. The van der Waals surface area contributed by atoms with Crippen molar-refractivity contribution in [2.75, 3.05) is 56.6 Å². The number of nitrogens with one attached hydrogen (secondary N) is 1. The molecule has 0 saturated carbocycles. The summed E-state index contributed by atoms with van der Waals surface area (Å²) in [6.07, 6.45) is 0.900. The molecule has 3 aromatic carbocycles. The summed E-state index contributed by atoms with van der Waals surface area (Å²) < 4.78 is 45.4. The summed E-state index contributed by atoms with van der Waals surface area (Å²) in [6, 6.07) is 19.0. The standard InChI is InChI=1S/C28H32N4O4S2/c1-20-18-21(8-10-24(20)30-38(33,34)27-19-22(35-2)9-11-25(27)36-3)12-13-31-14-16-32(17-15-31)28-23-6-4-5-7-26(23)37-29-28/h4-11,18-19,30H,12-17H2,1-3H3. The van der Waals surface area contributed by atoms with Crippen LogP contribution in [0.4, 0.5) is 11.5 Å². The minimum absolute atomic E-state index is 0.0348. The number of hydrogen-bond donors (Lipinski definition) is 1. The van der Waals surface area contributed by atoms with E-state index in [9.17, 15) is 8.42 Å². The minimum atomic E-state index is -3.86. The van der Waals surface area contributed by atoms with E-state index < -0.39 is 10.0 Å². The van der Waals surface area contributed by atoms with E-state index in [1.807, 2.05) is 19.1 Å². The Balaban J connectivity index is 1.19. The zero-order valence-electron chi connectivity index (χ0n) is 21.8. The number of aryl methyl sites for hydroxylation is 1. The first-order valence-corrected chi connectivity index (χ1v) is 14.8. The highest BCUT2D eigenvalue weighted by molar-refractivity contribution is 7.92. The molecule has 1 aliphatic rings. The number of piperazine rings is 1. The lowest BCUT2D eigenvalue weighted by atomic mass is 10.1. The second kappa shape index (κ2) is 11.2. The Kier molecular flexibility index (Phi) is 7.73. The van der Waals surface area contributed by atoms with E-state index in [0.29, 0.717) is 11.4 Å². The van der Waals surface area contributed by atoms with Gasteiger partial charge in [0, 0.05) is 44.2 Å². The molecule has 0 spiro atoms. The van der Waals surface area contributed by atoms with E-state index in [2.05, 4.69) is 44.9 Å². The Labute approximate surface area is 228 Å². The average Bonchev–Trinajstić information content (AvgIpc) is 3.37. The average molecular weight is 553 g/mol. The summed E-state index contributed by atoms with van der Waals surface area (Å²) in [7, 11) is -0.920. The van der Waals surface area contributed by atoms with E-state index in [0.717, 1.165) is 50.5 Å². The van der Waals surface area contributed by atoms with Crippen molar-refractivity contribution < 1.29 is 17.9 Å². The quantitative estimate of drug-likeness (QED) is 0.320. The van der Waals surface area contributed by atoms with Gasteiger partial charge >= 0.3 is 0 Å². The second-order valence-corrected chi connectivity index (χ2v) is 11.8. The molecular weight excluding hydrogens is 520 g/mol. The number of nitrogens with zero attached hydrogens (tertiary/aromatic N) is 3. The lowest BCUT2D eigenvalue weighted by Crippen LogP contribution is -2.47. The Bertz CT molecular complexity index is 1530. The largest absolute Gasteiger partial charge is 0.497 e. The van der Waals surface area contributed by atoms with Gasteiger partial charge in [-0.1, -0.05) is 24.3 Å². The van der Waals surface area contributed by atoms with Crippen LogP contribution < -0.4 is 19.1 Å².